The number of ether oxygens (including phenoxy) is 1. The number of hydrogen-bond donors (Lipinski definition) is 0. The quantitative estimate of drug-likeness (QED) is 0.329. The number of non-ortho nitro benzene ring substituents is 1. The predicted molar refractivity (Wildman–Crippen MR) is 103 cm³/mol. The molecule has 0 radical (unpaired) electrons. The van der Waals surface area contributed by atoms with Crippen LogP contribution in [0.5, 0.6) is 0 Å². The van der Waals surface area contributed by atoms with E-state index in [1.54, 1.807) is 6.92 Å². The molecule has 0 amide bonds. The SMILES string of the molecule is CCOC(=O)CCCN(Cc1ccc(F)cc1)S(=O)(=O)c1ccc([N+](=O)[O-])cc1. The van der Waals surface area contributed by atoms with Gasteiger partial charge < -0.3 is 4.74 Å². The number of nitrogens with zero attached hydrogens (tertiary/aromatic N) is 2. The minimum atomic E-state index is -4.00. The normalized spacial score (nSPS) is 11.4. The largest absolute Gasteiger partial charge is 0.466 e. The standard InChI is InChI=1S/C19H21FN2O6S/c1-2-28-19(23)4-3-13-21(14-15-5-7-16(20)8-6-15)29(26,27)18-11-9-17(10-12-18)22(24)25/h5-12H,2-4,13-14H2,1H3. The lowest BCUT2D eigenvalue weighted by Gasteiger charge is -2.22. The molecule has 29 heavy (non-hydrogen) atoms. The summed E-state index contributed by atoms with van der Waals surface area (Å²) in [6.45, 7) is 1.90. The van der Waals surface area contributed by atoms with Crippen LogP contribution in [0.2, 0.25) is 0 Å². The maximum absolute atomic E-state index is 13.2. The van der Waals surface area contributed by atoms with Gasteiger partial charge >= 0.3 is 5.97 Å². The smallest absolute Gasteiger partial charge is 0.305 e. The first-order valence-corrected chi connectivity index (χ1v) is 10.3. The molecule has 2 aromatic carbocycles. The van der Waals surface area contributed by atoms with Crippen LogP contribution in [-0.4, -0.2) is 36.8 Å². The van der Waals surface area contributed by atoms with Gasteiger partial charge in [0.15, 0.2) is 0 Å². The zero-order valence-corrected chi connectivity index (χ0v) is 16.6. The lowest BCUT2D eigenvalue weighted by atomic mass is 10.2. The van der Waals surface area contributed by atoms with Gasteiger partial charge in [0.1, 0.15) is 5.82 Å². The third-order valence-electron chi connectivity index (χ3n) is 4.05. The molecule has 0 saturated heterocycles. The Labute approximate surface area is 168 Å². The molecule has 2 aromatic rings. The van der Waals surface area contributed by atoms with Crippen molar-refractivity contribution in [1.29, 1.82) is 0 Å². The van der Waals surface area contributed by atoms with Crippen molar-refractivity contribution in [2.75, 3.05) is 13.2 Å². The first kappa shape index (κ1) is 22.4. The van der Waals surface area contributed by atoms with E-state index < -0.39 is 26.7 Å². The van der Waals surface area contributed by atoms with Crippen molar-refractivity contribution in [2.24, 2.45) is 0 Å². The lowest BCUT2D eigenvalue weighted by Crippen LogP contribution is -2.32. The summed E-state index contributed by atoms with van der Waals surface area (Å²) in [5, 5.41) is 10.8. The van der Waals surface area contributed by atoms with Gasteiger partial charge in [-0.15, -0.1) is 0 Å². The molecule has 0 bridgehead atoms. The second-order valence-electron chi connectivity index (χ2n) is 6.12. The zero-order valence-electron chi connectivity index (χ0n) is 15.8. The van der Waals surface area contributed by atoms with Crippen LogP contribution >= 0.6 is 0 Å². The van der Waals surface area contributed by atoms with Crippen molar-refractivity contribution in [3.63, 3.8) is 0 Å². The van der Waals surface area contributed by atoms with Gasteiger partial charge in [-0.25, -0.2) is 12.8 Å². The molecule has 0 aliphatic carbocycles. The van der Waals surface area contributed by atoms with Crippen molar-refractivity contribution < 1.29 is 27.3 Å². The minimum Gasteiger partial charge on any atom is -0.466 e. The fourth-order valence-corrected chi connectivity index (χ4v) is 4.07. The molecule has 0 fully saturated rings. The number of halogens is 1. The van der Waals surface area contributed by atoms with E-state index in [9.17, 15) is 27.7 Å². The van der Waals surface area contributed by atoms with Crippen molar-refractivity contribution in [3.05, 3.63) is 70.0 Å². The zero-order chi connectivity index (χ0) is 21.4. The number of nitro groups is 1. The van der Waals surface area contributed by atoms with Crippen molar-refractivity contribution in [2.45, 2.75) is 31.2 Å². The Bertz CT molecular complexity index is 946. The monoisotopic (exact) mass is 424 g/mol. The summed E-state index contributed by atoms with van der Waals surface area (Å²) >= 11 is 0. The molecule has 0 spiro atoms. The van der Waals surface area contributed by atoms with Gasteiger partial charge in [-0.1, -0.05) is 12.1 Å². The molecule has 2 rings (SSSR count). The molecule has 0 atom stereocenters. The molecular formula is C19H21FN2O6S. The highest BCUT2D eigenvalue weighted by molar-refractivity contribution is 7.89. The number of esters is 1. The van der Waals surface area contributed by atoms with Gasteiger partial charge in [0.25, 0.3) is 5.69 Å². The molecule has 10 heteroatoms. The van der Waals surface area contributed by atoms with Crippen LogP contribution < -0.4 is 0 Å². The number of hydrogen-bond acceptors (Lipinski definition) is 6. The Balaban J connectivity index is 2.24. The Morgan fingerprint density at radius 3 is 2.31 bits per heavy atom. The fourth-order valence-electron chi connectivity index (χ4n) is 2.60. The Morgan fingerprint density at radius 2 is 1.76 bits per heavy atom. The molecule has 0 heterocycles. The van der Waals surface area contributed by atoms with Crippen LogP contribution in [0.25, 0.3) is 0 Å². The Kier molecular flexibility index (Phi) is 7.80. The maximum Gasteiger partial charge on any atom is 0.305 e. The number of carbonyl (C=O) groups is 1. The van der Waals surface area contributed by atoms with E-state index in [1.165, 1.54) is 24.3 Å². The number of rotatable bonds is 10. The highest BCUT2D eigenvalue weighted by atomic mass is 32.2. The van der Waals surface area contributed by atoms with E-state index in [4.69, 9.17) is 4.74 Å². The lowest BCUT2D eigenvalue weighted by molar-refractivity contribution is -0.384. The summed E-state index contributed by atoms with van der Waals surface area (Å²) in [6.07, 6.45) is 0.274. The summed E-state index contributed by atoms with van der Waals surface area (Å²) < 4.78 is 45.3. The second kappa shape index (κ2) is 10.1. The van der Waals surface area contributed by atoms with Gasteiger partial charge in [-0.3, -0.25) is 14.9 Å². The maximum atomic E-state index is 13.2. The van der Waals surface area contributed by atoms with Gasteiger partial charge in [0, 0.05) is 31.6 Å². The van der Waals surface area contributed by atoms with Crippen molar-refractivity contribution in [1.82, 2.24) is 4.31 Å². The van der Waals surface area contributed by atoms with E-state index >= 15 is 0 Å². The van der Waals surface area contributed by atoms with E-state index in [1.807, 2.05) is 0 Å². The first-order valence-electron chi connectivity index (χ1n) is 8.88. The molecule has 0 aromatic heterocycles. The van der Waals surface area contributed by atoms with Gasteiger partial charge in [-0.05, 0) is 43.2 Å². The summed E-state index contributed by atoms with van der Waals surface area (Å²) in [6, 6.07) is 9.95. The first-order chi connectivity index (χ1) is 13.7. The molecule has 156 valence electrons. The van der Waals surface area contributed by atoms with Crippen LogP contribution in [0.3, 0.4) is 0 Å². The van der Waals surface area contributed by atoms with Gasteiger partial charge in [0.2, 0.25) is 10.0 Å². The Morgan fingerprint density at radius 1 is 1.14 bits per heavy atom. The van der Waals surface area contributed by atoms with E-state index in [-0.39, 0.29) is 43.1 Å². The van der Waals surface area contributed by atoms with Crippen molar-refractivity contribution >= 4 is 21.7 Å². The highest BCUT2D eigenvalue weighted by Gasteiger charge is 2.25. The Hall–Kier alpha value is -2.85. The topological polar surface area (TPSA) is 107 Å². The van der Waals surface area contributed by atoms with Crippen LogP contribution in [0.4, 0.5) is 10.1 Å². The van der Waals surface area contributed by atoms with Crippen LogP contribution in [0.15, 0.2) is 53.4 Å². The summed E-state index contributed by atoms with van der Waals surface area (Å²) in [5.41, 5.74) is 0.337. The van der Waals surface area contributed by atoms with Crippen LogP contribution in [-0.2, 0) is 26.1 Å². The molecule has 0 N–H and O–H groups in total. The fraction of sp³-hybridized carbons (Fsp3) is 0.316. The second-order valence-corrected chi connectivity index (χ2v) is 8.06. The number of benzene rings is 2. The van der Waals surface area contributed by atoms with E-state index in [0.29, 0.717) is 5.56 Å². The highest BCUT2D eigenvalue weighted by Crippen LogP contribution is 2.22. The van der Waals surface area contributed by atoms with Gasteiger partial charge in [-0.2, -0.15) is 4.31 Å². The van der Waals surface area contributed by atoms with Crippen LogP contribution in [0, 0.1) is 15.9 Å². The number of sulfonamides is 1. The molecule has 0 aliphatic heterocycles. The third-order valence-corrected chi connectivity index (χ3v) is 5.91. The van der Waals surface area contributed by atoms with Crippen molar-refractivity contribution in [3.8, 4) is 0 Å². The molecule has 0 aliphatic rings. The average molecular weight is 424 g/mol. The summed E-state index contributed by atoms with van der Waals surface area (Å²) in [5.74, 6) is -0.872. The molecule has 0 saturated carbocycles. The molecule has 0 unspecified atom stereocenters. The van der Waals surface area contributed by atoms with Crippen LogP contribution in [0.1, 0.15) is 25.3 Å². The van der Waals surface area contributed by atoms with E-state index in [0.717, 1.165) is 28.6 Å². The number of nitro benzene ring substituents is 1. The minimum absolute atomic E-state index is 0.0233. The predicted octanol–water partition coefficient (Wildman–Crippen LogP) is 3.27. The third kappa shape index (κ3) is 6.33. The molecule has 8 nitrogen and oxygen atoms in total. The average Bonchev–Trinajstić information content (AvgIpc) is 2.69. The summed E-state index contributed by atoms with van der Waals surface area (Å²) in [7, 11) is -4.00. The molecular weight excluding hydrogens is 403 g/mol. The van der Waals surface area contributed by atoms with Gasteiger partial charge in [0.05, 0.1) is 16.4 Å². The number of carbonyl (C=O) groups excluding carboxylic acids is 1. The summed E-state index contributed by atoms with van der Waals surface area (Å²) in [4.78, 5) is 21.6. The van der Waals surface area contributed by atoms with E-state index in [2.05, 4.69) is 0 Å².